The van der Waals surface area contributed by atoms with Crippen molar-refractivity contribution in [3.8, 4) is 17.0 Å². The maximum Gasteiger partial charge on any atom is 0.349 e. The number of amides is 1. The average Bonchev–Trinajstić information content (AvgIpc) is 3.16. The third kappa shape index (κ3) is 4.20. The Morgan fingerprint density at radius 2 is 1.90 bits per heavy atom. The van der Waals surface area contributed by atoms with Crippen LogP contribution in [0.2, 0.25) is 0 Å². The number of aromatic nitrogens is 1. The molecule has 4 rings (SSSR count). The predicted molar refractivity (Wildman–Crippen MR) is 114 cm³/mol. The molecular weight excluding hydrogens is 388 g/mol. The van der Waals surface area contributed by atoms with Gasteiger partial charge < -0.3 is 9.15 Å². The number of ether oxygens (including phenoxy) is 1. The molecule has 0 atom stereocenters. The molecule has 4 aromatic rings. The summed E-state index contributed by atoms with van der Waals surface area (Å²) in [6.45, 7) is 3.94. The number of anilines is 1. The van der Waals surface area contributed by atoms with Crippen molar-refractivity contribution in [1.29, 1.82) is 0 Å². The van der Waals surface area contributed by atoms with E-state index in [1.807, 2.05) is 49.6 Å². The molecule has 0 bridgehead atoms. The van der Waals surface area contributed by atoms with Crippen LogP contribution < -0.4 is 15.7 Å². The highest BCUT2D eigenvalue weighted by Crippen LogP contribution is 2.27. The second-order valence-corrected chi connectivity index (χ2v) is 7.53. The molecular formula is C22H18N2O4S. The monoisotopic (exact) mass is 406 g/mol. The summed E-state index contributed by atoms with van der Waals surface area (Å²) >= 11 is 1.28. The van der Waals surface area contributed by atoms with E-state index in [0.29, 0.717) is 16.1 Å². The van der Waals surface area contributed by atoms with Crippen molar-refractivity contribution in [2.24, 2.45) is 0 Å². The first-order chi connectivity index (χ1) is 14.0. The number of hydrogen-bond donors (Lipinski definition) is 1. The van der Waals surface area contributed by atoms with Gasteiger partial charge in [-0.15, -0.1) is 11.3 Å². The zero-order valence-corrected chi connectivity index (χ0v) is 16.7. The highest BCUT2D eigenvalue weighted by molar-refractivity contribution is 7.14. The summed E-state index contributed by atoms with van der Waals surface area (Å²) in [7, 11) is 0. The lowest BCUT2D eigenvalue weighted by Gasteiger charge is -2.09. The van der Waals surface area contributed by atoms with Crippen molar-refractivity contribution < 1.29 is 13.9 Å². The molecule has 7 heteroatoms. The molecule has 0 unspecified atom stereocenters. The smallest absolute Gasteiger partial charge is 0.349 e. The maximum absolute atomic E-state index is 12.6. The third-order valence-electron chi connectivity index (χ3n) is 4.13. The summed E-state index contributed by atoms with van der Waals surface area (Å²) in [5, 5.41) is 5.60. The van der Waals surface area contributed by atoms with Gasteiger partial charge in [-0.1, -0.05) is 18.2 Å². The number of nitrogens with one attached hydrogen (secondary N) is 1. The molecule has 0 radical (unpaired) electrons. The maximum atomic E-state index is 12.6. The van der Waals surface area contributed by atoms with E-state index in [1.54, 1.807) is 18.2 Å². The first-order valence-corrected chi connectivity index (χ1v) is 9.94. The van der Waals surface area contributed by atoms with Crippen molar-refractivity contribution in [2.45, 2.75) is 20.0 Å². The lowest BCUT2D eigenvalue weighted by molar-refractivity contribution is 0.102. The van der Waals surface area contributed by atoms with E-state index in [4.69, 9.17) is 9.15 Å². The molecule has 0 saturated carbocycles. The predicted octanol–water partition coefficient (Wildman–Crippen LogP) is 4.96. The quantitative estimate of drug-likeness (QED) is 0.474. The van der Waals surface area contributed by atoms with E-state index in [2.05, 4.69) is 10.3 Å². The highest BCUT2D eigenvalue weighted by atomic mass is 32.1. The van der Waals surface area contributed by atoms with Gasteiger partial charge in [0.15, 0.2) is 5.13 Å². The molecule has 2 heterocycles. The van der Waals surface area contributed by atoms with Gasteiger partial charge in [-0.3, -0.25) is 10.1 Å². The van der Waals surface area contributed by atoms with Gasteiger partial charge in [0.1, 0.15) is 16.9 Å². The van der Waals surface area contributed by atoms with Crippen LogP contribution >= 0.6 is 11.3 Å². The van der Waals surface area contributed by atoms with Crippen LogP contribution in [-0.4, -0.2) is 17.0 Å². The SMILES string of the molecule is CC(C)Oc1ccc(-c2csc(NC(=O)c3cc4ccccc4oc3=O)n2)cc1. The van der Waals surface area contributed by atoms with Crippen LogP contribution in [-0.2, 0) is 0 Å². The molecule has 2 aromatic carbocycles. The molecule has 1 amide bonds. The summed E-state index contributed by atoms with van der Waals surface area (Å²) in [5.41, 5.74) is 1.33. The fraction of sp³-hybridized carbons (Fsp3) is 0.136. The lowest BCUT2D eigenvalue weighted by atomic mass is 10.2. The minimum absolute atomic E-state index is 0.0596. The van der Waals surface area contributed by atoms with E-state index < -0.39 is 11.5 Å². The Morgan fingerprint density at radius 3 is 2.66 bits per heavy atom. The van der Waals surface area contributed by atoms with Gasteiger partial charge in [-0.25, -0.2) is 9.78 Å². The Morgan fingerprint density at radius 1 is 1.14 bits per heavy atom. The number of nitrogens with zero attached hydrogens (tertiary/aromatic N) is 1. The Kier molecular flexibility index (Phi) is 5.14. The van der Waals surface area contributed by atoms with E-state index >= 15 is 0 Å². The Balaban J connectivity index is 1.52. The number of carbonyl (C=O) groups excluding carboxylic acids is 1. The number of para-hydroxylation sites is 1. The van der Waals surface area contributed by atoms with Gasteiger partial charge in [0.05, 0.1) is 11.8 Å². The van der Waals surface area contributed by atoms with Crippen LogP contribution in [0.5, 0.6) is 5.75 Å². The standard InChI is InChI=1S/C22H18N2O4S/c1-13(2)27-16-9-7-14(8-10-16)18-12-29-22(23-18)24-20(25)17-11-15-5-3-4-6-19(15)28-21(17)26/h3-13H,1-2H3,(H,23,24,25). The van der Waals surface area contributed by atoms with Gasteiger partial charge in [0, 0.05) is 16.3 Å². The fourth-order valence-corrected chi connectivity index (χ4v) is 3.54. The number of benzene rings is 2. The van der Waals surface area contributed by atoms with Crippen molar-refractivity contribution in [2.75, 3.05) is 5.32 Å². The van der Waals surface area contributed by atoms with Crippen molar-refractivity contribution in [3.05, 3.63) is 76.0 Å². The zero-order chi connectivity index (χ0) is 20.4. The lowest BCUT2D eigenvalue weighted by Crippen LogP contribution is -2.20. The molecule has 0 aliphatic heterocycles. The van der Waals surface area contributed by atoms with Crippen LogP contribution in [0.1, 0.15) is 24.2 Å². The van der Waals surface area contributed by atoms with E-state index in [-0.39, 0.29) is 11.7 Å². The van der Waals surface area contributed by atoms with Crippen LogP contribution in [0, 0.1) is 0 Å². The van der Waals surface area contributed by atoms with Gasteiger partial charge in [0.25, 0.3) is 5.91 Å². The van der Waals surface area contributed by atoms with Crippen LogP contribution in [0.4, 0.5) is 5.13 Å². The fourth-order valence-electron chi connectivity index (χ4n) is 2.82. The Bertz CT molecular complexity index is 1230. The third-order valence-corrected chi connectivity index (χ3v) is 4.89. The number of rotatable bonds is 5. The molecule has 29 heavy (non-hydrogen) atoms. The normalized spacial score (nSPS) is 11.0. The largest absolute Gasteiger partial charge is 0.491 e. The second-order valence-electron chi connectivity index (χ2n) is 6.67. The van der Waals surface area contributed by atoms with Crippen molar-refractivity contribution in [1.82, 2.24) is 4.98 Å². The van der Waals surface area contributed by atoms with Gasteiger partial charge >= 0.3 is 5.63 Å². The Hall–Kier alpha value is -3.45. The number of fused-ring (bicyclic) bond motifs is 1. The first-order valence-electron chi connectivity index (χ1n) is 9.06. The van der Waals surface area contributed by atoms with Crippen LogP contribution in [0.25, 0.3) is 22.2 Å². The van der Waals surface area contributed by atoms with Crippen molar-refractivity contribution in [3.63, 3.8) is 0 Å². The molecule has 0 aliphatic carbocycles. The summed E-state index contributed by atoms with van der Waals surface area (Å²) in [4.78, 5) is 29.1. The van der Waals surface area contributed by atoms with E-state index in [9.17, 15) is 9.59 Å². The molecule has 0 spiro atoms. The first kappa shape index (κ1) is 18.9. The van der Waals surface area contributed by atoms with Crippen molar-refractivity contribution >= 4 is 33.3 Å². The van der Waals surface area contributed by atoms with Crippen LogP contribution in [0.3, 0.4) is 0 Å². The number of hydrogen-bond acceptors (Lipinski definition) is 6. The number of carbonyl (C=O) groups is 1. The minimum atomic E-state index is -0.682. The van der Waals surface area contributed by atoms with E-state index in [0.717, 1.165) is 17.0 Å². The minimum Gasteiger partial charge on any atom is -0.491 e. The van der Waals surface area contributed by atoms with Gasteiger partial charge in [-0.05, 0) is 50.2 Å². The van der Waals surface area contributed by atoms with Gasteiger partial charge in [-0.2, -0.15) is 0 Å². The topological polar surface area (TPSA) is 81.4 Å². The molecule has 0 aliphatic rings. The average molecular weight is 406 g/mol. The molecule has 1 N–H and O–H groups in total. The van der Waals surface area contributed by atoms with Gasteiger partial charge in [0.2, 0.25) is 0 Å². The number of thiazole rings is 1. The summed E-state index contributed by atoms with van der Waals surface area (Å²) in [5.74, 6) is 0.238. The summed E-state index contributed by atoms with van der Waals surface area (Å²) in [6.07, 6.45) is 0.106. The highest BCUT2D eigenvalue weighted by Gasteiger charge is 2.16. The van der Waals surface area contributed by atoms with E-state index in [1.165, 1.54) is 17.4 Å². The van der Waals surface area contributed by atoms with Crippen LogP contribution in [0.15, 0.2) is 69.2 Å². The molecule has 2 aromatic heterocycles. The Labute approximate surface area is 170 Å². The summed E-state index contributed by atoms with van der Waals surface area (Å²) in [6, 6.07) is 16.2. The second kappa shape index (κ2) is 7.89. The summed E-state index contributed by atoms with van der Waals surface area (Å²) < 4.78 is 10.9. The zero-order valence-electron chi connectivity index (χ0n) is 15.8. The molecule has 0 fully saturated rings. The molecule has 0 saturated heterocycles. The molecule has 146 valence electrons. The molecule has 6 nitrogen and oxygen atoms in total.